The fraction of sp³-hybridized carbons (Fsp3) is 0.412. The molecule has 3 rings (SSSR count). The second kappa shape index (κ2) is 7.53. The molecular formula is C17H22N6S. The third-order valence-electron chi connectivity index (χ3n) is 3.66. The lowest BCUT2D eigenvalue weighted by Crippen LogP contribution is -2.04. The van der Waals surface area contributed by atoms with Gasteiger partial charge in [-0.3, -0.25) is 4.68 Å². The molecule has 126 valence electrons. The number of nitrogens with one attached hydrogen (secondary N) is 1. The first-order valence-electron chi connectivity index (χ1n) is 8.24. The Morgan fingerprint density at radius 3 is 2.88 bits per heavy atom. The van der Waals surface area contributed by atoms with Crippen molar-refractivity contribution in [2.24, 2.45) is 0 Å². The molecule has 6 nitrogen and oxygen atoms in total. The summed E-state index contributed by atoms with van der Waals surface area (Å²) in [6.07, 6.45) is 5.86. The van der Waals surface area contributed by atoms with E-state index in [1.54, 1.807) is 17.5 Å². The number of hydrogen-bond donors (Lipinski definition) is 1. The van der Waals surface area contributed by atoms with Gasteiger partial charge in [0.05, 0.1) is 28.6 Å². The van der Waals surface area contributed by atoms with E-state index in [9.17, 15) is 0 Å². The van der Waals surface area contributed by atoms with Gasteiger partial charge in [-0.2, -0.15) is 5.10 Å². The molecule has 0 aliphatic carbocycles. The van der Waals surface area contributed by atoms with Crippen LogP contribution in [0.2, 0.25) is 0 Å². The summed E-state index contributed by atoms with van der Waals surface area (Å²) in [5.74, 6) is 0.612. The normalized spacial score (nSPS) is 11.0. The average Bonchev–Trinajstić information content (AvgIpc) is 3.20. The number of rotatable bonds is 7. The molecule has 0 aliphatic rings. The zero-order valence-electron chi connectivity index (χ0n) is 14.3. The van der Waals surface area contributed by atoms with Gasteiger partial charge in [0.2, 0.25) is 5.95 Å². The summed E-state index contributed by atoms with van der Waals surface area (Å²) in [6, 6.07) is 1.92. The molecule has 0 aliphatic heterocycles. The van der Waals surface area contributed by atoms with Gasteiger partial charge in [-0.05, 0) is 25.8 Å². The third kappa shape index (κ3) is 3.79. The molecule has 7 heteroatoms. The Kier molecular flexibility index (Phi) is 5.20. The highest BCUT2D eigenvalue weighted by Crippen LogP contribution is 2.21. The zero-order valence-corrected chi connectivity index (χ0v) is 15.1. The van der Waals surface area contributed by atoms with E-state index in [0.717, 1.165) is 47.0 Å². The van der Waals surface area contributed by atoms with Crippen LogP contribution in [0.5, 0.6) is 0 Å². The van der Waals surface area contributed by atoms with Crippen LogP contribution in [0.1, 0.15) is 36.7 Å². The molecule has 3 aromatic rings. The van der Waals surface area contributed by atoms with E-state index < -0.39 is 0 Å². The highest BCUT2D eigenvalue weighted by molar-refractivity contribution is 7.09. The Morgan fingerprint density at radius 2 is 2.12 bits per heavy atom. The lowest BCUT2D eigenvalue weighted by molar-refractivity contribution is 0.598. The average molecular weight is 342 g/mol. The maximum absolute atomic E-state index is 4.62. The van der Waals surface area contributed by atoms with Crippen molar-refractivity contribution in [3.8, 4) is 11.3 Å². The molecule has 0 aromatic carbocycles. The number of aryl methyl sites for hydroxylation is 3. The molecule has 0 radical (unpaired) electrons. The Labute approximate surface area is 146 Å². The van der Waals surface area contributed by atoms with Crippen molar-refractivity contribution in [1.29, 1.82) is 0 Å². The number of anilines is 1. The highest BCUT2D eigenvalue weighted by Gasteiger charge is 2.10. The summed E-state index contributed by atoms with van der Waals surface area (Å²) in [6.45, 7) is 7.82. The molecule has 0 spiro atoms. The lowest BCUT2D eigenvalue weighted by Gasteiger charge is -2.04. The van der Waals surface area contributed by atoms with Crippen LogP contribution in [0.15, 0.2) is 23.8 Å². The standard InChI is InChI=1S/C17H22N6S/c1-4-8-23-10-14(12(3)22-23)15-6-7-18-17(21-15)19-9-13-11-24-16(5-2)20-13/h6-7,10-11H,4-5,8-9H2,1-3H3,(H,18,19,21). The van der Waals surface area contributed by atoms with Gasteiger partial charge in [0.15, 0.2) is 0 Å². The molecule has 0 bridgehead atoms. The van der Waals surface area contributed by atoms with Gasteiger partial charge in [-0.25, -0.2) is 15.0 Å². The summed E-state index contributed by atoms with van der Waals surface area (Å²) in [4.78, 5) is 13.5. The van der Waals surface area contributed by atoms with Gasteiger partial charge in [-0.1, -0.05) is 13.8 Å². The van der Waals surface area contributed by atoms with Crippen molar-refractivity contribution < 1.29 is 0 Å². The Hall–Kier alpha value is -2.28. The molecule has 24 heavy (non-hydrogen) atoms. The van der Waals surface area contributed by atoms with Crippen LogP contribution >= 0.6 is 11.3 Å². The molecule has 0 saturated heterocycles. The van der Waals surface area contributed by atoms with Gasteiger partial charge < -0.3 is 5.32 Å². The monoisotopic (exact) mass is 342 g/mol. The number of hydrogen-bond acceptors (Lipinski definition) is 6. The molecule has 3 heterocycles. The van der Waals surface area contributed by atoms with Gasteiger partial charge in [0.25, 0.3) is 0 Å². The molecule has 1 N–H and O–H groups in total. The Balaban J connectivity index is 1.74. The van der Waals surface area contributed by atoms with Crippen LogP contribution < -0.4 is 5.32 Å². The van der Waals surface area contributed by atoms with Crippen molar-refractivity contribution in [3.63, 3.8) is 0 Å². The molecular weight excluding hydrogens is 320 g/mol. The summed E-state index contributed by atoms with van der Waals surface area (Å²) in [5.41, 5.74) is 3.95. The van der Waals surface area contributed by atoms with Crippen LogP contribution in [0.25, 0.3) is 11.3 Å². The lowest BCUT2D eigenvalue weighted by atomic mass is 10.2. The topological polar surface area (TPSA) is 68.5 Å². The van der Waals surface area contributed by atoms with E-state index in [1.165, 1.54) is 0 Å². The van der Waals surface area contributed by atoms with Crippen molar-refractivity contribution in [3.05, 3.63) is 40.2 Å². The molecule has 0 amide bonds. The van der Waals surface area contributed by atoms with Crippen molar-refractivity contribution in [1.82, 2.24) is 24.7 Å². The van der Waals surface area contributed by atoms with E-state index in [2.05, 4.69) is 50.8 Å². The molecule has 0 atom stereocenters. The number of thiazole rings is 1. The van der Waals surface area contributed by atoms with Crippen LogP contribution in [0.3, 0.4) is 0 Å². The predicted octanol–water partition coefficient (Wildman–Crippen LogP) is 3.69. The van der Waals surface area contributed by atoms with E-state index in [1.807, 2.05) is 17.7 Å². The fourth-order valence-corrected chi connectivity index (χ4v) is 3.21. The predicted molar refractivity (Wildman–Crippen MR) is 97.1 cm³/mol. The van der Waals surface area contributed by atoms with Crippen LogP contribution in [0.4, 0.5) is 5.95 Å². The van der Waals surface area contributed by atoms with Crippen LogP contribution in [0, 0.1) is 6.92 Å². The van der Waals surface area contributed by atoms with Crippen LogP contribution in [-0.2, 0) is 19.5 Å². The highest BCUT2D eigenvalue weighted by atomic mass is 32.1. The second-order valence-electron chi connectivity index (χ2n) is 5.60. The molecule has 0 unspecified atom stereocenters. The van der Waals surface area contributed by atoms with Gasteiger partial charge >= 0.3 is 0 Å². The molecule has 3 aromatic heterocycles. The fourth-order valence-electron chi connectivity index (χ4n) is 2.47. The van der Waals surface area contributed by atoms with E-state index in [4.69, 9.17) is 0 Å². The summed E-state index contributed by atoms with van der Waals surface area (Å²) < 4.78 is 1.97. The second-order valence-corrected chi connectivity index (χ2v) is 6.54. The van der Waals surface area contributed by atoms with Gasteiger partial charge in [-0.15, -0.1) is 11.3 Å². The first-order valence-corrected chi connectivity index (χ1v) is 9.12. The molecule has 0 fully saturated rings. The minimum Gasteiger partial charge on any atom is -0.349 e. The molecule has 0 saturated carbocycles. The SMILES string of the molecule is CCCn1cc(-c2ccnc(NCc3csc(CC)n3)n2)c(C)n1. The third-order valence-corrected chi connectivity index (χ3v) is 4.70. The summed E-state index contributed by atoms with van der Waals surface area (Å²) in [7, 11) is 0. The van der Waals surface area contributed by atoms with Gasteiger partial charge in [0, 0.05) is 29.9 Å². The van der Waals surface area contributed by atoms with Crippen molar-refractivity contribution in [2.45, 2.75) is 46.7 Å². The largest absolute Gasteiger partial charge is 0.349 e. The zero-order chi connectivity index (χ0) is 16.9. The van der Waals surface area contributed by atoms with Crippen molar-refractivity contribution >= 4 is 17.3 Å². The Morgan fingerprint density at radius 1 is 1.25 bits per heavy atom. The first kappa shape index (κ1) is 16.6. The Bertz CT molecular complexity index is 807. The first-order chi connectivity index (χ1) is 11.7. The van der Waals surface area contributed by atoms with E-state index in [-0.39, 0.29) is 0 Å². The quantitative estimate of drug-likeness (QED) is 0.709. The summed E-state index contributed by atoms with van der Waals surface area (Å²) >= 11 is 1.69. The van der Waals surface area contributed by atoms with Crippen LogP contribution in [-0.4, -0.2) is 24.7 Å². The smallest absolute Gasteiger partial charge is 0.223 e. The van der Waals surface area contributed by atoms with Crippen molar-refractivity contribution in [2.75, 3.05) is 5.32 Å². The minimum atomic E-state index is 0.612. The number of aromatic nitrogens is 5. The van der Waals surface area contributed by atoms with Gasteiger partial charge in [0.1, 0.15) is 0 Å². The maximum atomic E-state index is 4.62. The van der Waals surface area contributed by atoms with E-state index >= 15 is 0 Å². The minimum absolute atomic E-state index is 0.612. The number of nitrogens with zero attached hydrogens (tertiary/aromatic N) is 5. The maximum Gasteiger partial charge on any atom is 0.223 e. The summed E-state index contributed by atoms with van der Waals surface area (Å²) in [5, 5.41) is 11.0. The van der Waals surface area contributed by atoms with E-state index in [0.29, 0.717) is 12.5 Å².